The number of amides is 2. The molecule has 0 aliphatic rings. The average molecular weight is 263 g/mol. The Morgan fingerprint density at radius 3 is 2.25 bits per heavy atom. The molecule has 1 rings (SSSR count). The van der Waals surface area contributed by atoms with Crippen LogP contribution >= 0.6 is 23.2 Å². The number of carbonyl (C=O) groups excluding carboxylic acids is 2. The summed E-state index contributed by atoms with van der Waals surface area (Å²) in [7, 11) is 0. The Balaban J connectivity index is 3.20. The van der Waals surface area contributed by atoms with E-state index in [-0.39, 0.29) is 11.4 Å². The van der Waals surface area contributed by atoms with Gasteiger partial charge in [-0.1, -0.05) is 6.07 Å². The van der Waals surface area contributed by atoms with E-state index in [0.717, 1.165) is 6.07 Å². The topological polar surface area (TPSA) is 80.5 Å². The minimum absolute atomic E-state index is 0.0609. The Bertz CT molecular complexity index is 449. The Morgan fingerprint density at radius 1 is 1.25 bits per heavy atom. The molecule has 1 aromatic carbocycles. The van der Waals surface area contributed by atoms with E-state index in [0.29, 0.717) is 4.90 Å². The van der Waals surface area contributed by atoms with E-state index in [9.17, 15) is 19.7 Å². The first-order valence-electron chi connectivity index (χ1n) is 3.87. The number of benzene rings is 1. The van der Waals surface area contributed by atoms with Gasteiger partial charge in [-0.3, -0.25) is 19.7 Å². The predicted octanol–water partition coefficient (Wildman–Crippen LogP) is 3.12. The van der Waals surface area contributed by atoms with Crippen LogP contribution in [0.15, 0.2) is 24.3 Å². The van der Waals surface area contributed by atoms with Gasteiger partial charge in [0.15, 0.2) is 0 Å². The number of halogens is 2. The van der Waals surface area contributed by atoms with Gasteiger partial charge in [0.2, 0.25) is 0 Å². The second-order valence-corrected chi connectivity index (χ2v) is 3.26. The van der Waals surface area contributed by atoms with Crippen molar-refractivity contribution in [2.24, 2.45) is 0 Å². The highest BCUT2D eigenvalue weighted by Crippen LogP contribution is 2.23. The van der Waals surface area contributed by atoms with Crippen LogP contribution in [0, 0.1) is 10.1 Å². The van der Waals surface area contributed by atoms with Crippen molar-refractivity contribution in [3.05, 3.63) is 34.4 Å². The van der Waals surface area contributed by atoms with Crippen molar-refractivity contribution in [3.63, 3.8) is 0 Å². The van der Waals surface area contributed by atoms with E-state index in [1.807, 2.05) is 0 Å². The number of hydrogen-bond acceptors (Lipinski definition) is 4. The highest BCUT2D eigenvalue weighted by atomic mass is 35.5. The smallest absolute Gasteiger partial charge is 0.258 e. The fourth-order valence-corrected chi connectivity index (χ4v) is 1.41. The Kier molecular flexibility index (Phi) is 3.81. The summed E-state index contributed by atoms with van der Waals surface area (Å²) in [5.74, 6) is 0. The molecule has 0 radical (unpaired) electrons. The summed E-state index contributed by atoms with van der Waals surface area (Å²) in [6, 6.07) is 4.83. The van der Waals surface area contributed by atoms with Gasteiger partial charge < -0.3 is 0 Å². The maximum atomic E-state index is 10.9. The van der Waals surface area contributed by atoms with E-state index < -0.39 is 15.7 Å². The normalized spacial score (nSPS) is 9.62. The maximum absolute atomic E-state index is 10.9. The number of anilines is 1. The first-order chi connectivity index (χ1) is 7.43. The molecule has 1 aromatic rings. The second-order valence-electron chi connectivity index (χ2n) is 2.62. The molecule has 0 N–H and O–H groups in total. The molecule has 0 atom stereocenters. The summed E-state index contributed by atoms with van der Waals surface area (Å²) in [4.78, 5) is 32.0. The van der Waals surface area contributed by atoms with Gasteiger partial charge in [0.05, 0.1) is 10.6 Å². The summed E-state index contributed by atoms with van der Waals surface area (Å²) in [6.07, 6.45) is 0. The molecule has 0 fully saturated rings. The number of nitro groups is 1. The molecule has 0 bridgehead atoms. The third-order valence-electron chi connectivity index (χ3n) is 1.65. The molecule has 0 aliphatic carbocycles. The first kappa shape index (κ1) is 12.4. The average Bonchev–Trinajstić information content (AvgIpc) is 2.16. The van der Waals surface area contributed by atoms with E-state index in [1.165, 1.54) is 18.2 Å². The van der Waals surface area contributed by atoms with Crippen LogP contribution in [0.25, 0.3) is 0 Å². The van der Waals surface area contributed by atoms with E-state index in [1.54, 1.807) is 0 Å². The quantitative estimate of drug-likeness (QED) is 0.355. The first-order valence-corrected chi connectivity index (χ1v) is 4.62. The van der Waals surface area contributed by atoms with Gasteiger partial charge >= 0.3 is 10.7 Å². The van der Waals surface area contributed by atoms with Gasteiger partial charge in [0, 0.05) is 12.1 Å². The lowest BCUT2D eigenvalue weighted by atomic mass is 10.2. The number of imide groups is 1. The molecule has 84 valence electrons. The number of rotatable bonds is 2. The number of nitrogens with zero attached hydrogens (tertiary/aromatic N) is 2. The molecule has 8 heteroatoms. The zero-order valence-corrected chi connectivity index (χ0v) is 9.10. The van der Waals surface area contributed by atoms with Crippen LogP contribution in [-0.2, 0) is 0 Å². The predicted molar refractivity (Wildman–Crippen MR) is 58.1 cm³/mol. The van der Waals surface area contributed by atoms with Crippen molar-refractivity contribution in [2.45, 2.75) is 0 Å². The van der Waals surface area contributed by atoms with Crippen LogP contribution in [0.3, 0.4) is 0 Å². The zero-order chi connectivity index (χ0) is 12.3. The fourth-order valence-electron chi connectivity index (χ4n) is 1.02. The lowest BCUT2D eigenvalue weighted by Crippen LogP contribution is -2.28. The highest BCUT2D eigenvalue weighted by Gasteiger charge is 2.21. The molecular weight excluding hydrogens is 259 g/mol. The van der Waals surface area contributed by atoms with E-state index >= 15 is 0 Å². The molecular formula is C8H4Cl2N2O4. The van der Waals surface area contributed by atoms with Crippen LogP contribution in [-0.4, -0.2) is 15.7 Å². The number of non-ortho nitro benzene ring substituents is 1. The van der Waals surface area contributed by atoms with Crippen molar-refractivity contribution in [3.8, 4) is 0 Å². The molecule has 6 nitrogen and oxygen atoms in total. The van der Waals surface area contributed by atoms with Gasteiger partial charge in [-0.15, -0.1) is 0 Å². The number of nitro benzene ring substituents is 1. The zero-order valence-electron chi connectivity index (χ0n) is 7.59. The second kappa shape index (κ2) is 4.91. The van der Waals surface area contributed by atoms with Crippen LogP contribution in [0.1, 0.15) is 0 Å². The lowest BCUT2D eigenvalue weighted by Gasteiger charge is -2.13. The Labute approximate surface area is 99.5 Å². The third kappa shape index (κ3) is 2.68. The molecule has 2 amide bonds. The summed E-state index contributed by atoms with van der Waals surface area (Å²) in [5.41, 5.74) is -0.340. The summed E-state index contributed by atoms with van der Waals surface area (Å²) in [6.45, 7) is 0. The van der Waals surface area contributed by atoms with Crippen LogP contribution in [0.4, 0.5) is 21.0 Å². The maximum Gasteiger partial charge on any atom is 0.328 e. The highest BCUT2D eigenvalue weighted by molar-refractivity contribution is 6.76. The van der Waals surface area contributed by atoms with Crippen molar-refractivity contribution >= 4 is 45.3 Å². The van der Waals surface area contributed by atoms with Crippen LogP contribution in [0.5, 0.6) is 0 Å². The van der Waals surface area contributed by atoms with Gasteiger partial charge in [-0.25, -0.2) is 4.90 Å². The molecule has 0 spiro atoms. The molecule has 0 unspecified atom stereocenters. The Morgan fingerprint density at radius 2 is 1.81 bits per heavy atom. The molecule has 0 heterocycles. The largest absolute Gasteiger partial charge is 0.328 e. The van der Waals surface area contributed by atoms with E-state index in [2.05, 4.69) is 0 Å². The Hall–Kier alpha value is -1.66. The monoisotopic (exact) mass is 262 g/mol. The lowest BCUT2D eigenvalue weighted by molar-refractivity contribution is -0.384. The van der Waals surface area contributed by atoms with Crippen molar-refractivity contribution in [1.82, 2.24) is 0 Å². The van der Waals surface area contributed by atoms with Crippen molar-refractivity contribution in [2.75, 3.05) is 4.90 Å². The van der Waals surface area contributed by atoms with Crippen molar-refractivity contribution < 1.29 is 14.5 Å². The summed E-state index contributed by atoms with van der Waals surface area (Å²) < 4.78 is 0. The molecule has 16 heavy (non-hydrogen) atoms. The molecule has 0 aliphatic heterocycles. The van der Waals surface area contributed by atoms with Gasteiger partial charge in [0.1, 0.15) is 0 Å². The van der Waals surface area contributed by atoms with Crippen LogP contribution < -0.4 is 4.90 Å². The summed E-state index contributed by atoms with van der Waals surface area (Å²) in [5, 5.41) is 8.19. The van der Waals surface area contributed by atoms with Gasteiger partial charge in [0.25, 0.3) is 5.69 Å². The van der Waals surface area contributed by atoms with Crippen molar-refractivity contribution in [1.29, 1.82) is 0 Å². The minimum Gasteiger partial charge on any atom is -0.258 e. The van der Waals surface area contributed by atoms with Gasteiger partial charge in [-0.2, -0.15) is 0 Å². The minimum atomic E-state index is -1.14. The van der Waals surface area contributed by atoms with Crippen LogP contribution in [0.2, 0.25) is 0 Å². The standard InChI is InChI=1S/C8H4Cl2N2O4/c9-7(13)11(8(10)14)5-2-1-3-6(4-5)12(15)16/h1-4H. The van der Waals surface area contributed by atoms with Gasteiger partial charge in [-0.05, 0) is 29.3 Å². The number of hydrogen-bond donors (Lipinski definition) is 0. The molecule has 0 saturated carbocycles. The summed E-state index contributed by atoms with van der Waals surface area (Å²) >= 11 is 10.2. The third-order valence-corrected chi connectivity index (χ3v) is 1.99. The molecule has 0 aromatic heterocycles. The van der Waals surface area contributed by atoms with E-state index in [4.69, 9.17) is 23.2 Å². The fraction of sp³-hybridized carbons (Fsp3) is 0. The SMILES string of the molecule is O=C(Cl)N(C(=O)Cl)c1cccc([N+](=O)[O-])c1. The number of carbonyl (C=O) groups is 2. The molecule has 0 saturated heterocycles.